The number of esters is 2. The first-order chi connectivity index (χ1) is 26.7. The number of carbonyl (C=O) groups excluding carboxylic acids is 2. The molecule has 0 aliphatic carbocycles. The van der Waals surface area contributed by atoms with Crippen LogP contribution in [-0.4, -0.2) is 65.7 Å². The zero-order valence-electron chi connectivity index (χ0n) is 34.9. The molecule has 0 spiro atoms. The Balaban J connectivity index is 4.31. The molecule has 0 aromatic carbocycles. The van der Waals surface area contributed by atoms with Gasteiger partial charge in [0.25, 0.3) is 0 Å². The average molecular weight is 801 g/mol. The second-order valence-corrected chi connectivity index (χ2v) is 16.2. The van der Waals surface area contributed by atoms with Gasteiger partial charge in [-0.15, -0.1) is 0 Å². The molecule has 3 N–H and O–H groups in total. The number of hydrogen-bond acceptors (Lipinski definition) is 9. The number of phosphoric ester groups is 1. The second-order valence-electron chi connectivity index (χ2n) is 14.7. The minimum atomic E-state index is -4.62. The Bertz CT molecular complexity index is 1010. The fraction of sp³-hybridized carbons (Fsp3) is 0.818. The number of unbranched alkanes of at least 4 members (excludes halogenated alkanes) is 21. The molecule has 0 aliphatic heterocycles. The molecule has 0 rings (SSSR count). The Morgan fingerprint density at radius 3 is 1.45 bits per heavy atom. The number of aliphatic hydroxyl groups is 2. The molecule has 0 fully saturated rings. The summed E-state index contributed by atoms with van der Waals surface area (Å²) >= 11 is 0. The maximum absolute atomic E-state index is 12.6. The zero-order chi connectivity index (χ0) is 40.5. The predicted octanol–water partition coefficient (Wildman–Crippen LogP) is 11.6. The van der Waals surface area contributed by atoms with E-state index >= 15 is 0 Å². The van der Waals surface area contributed by atoms with Gasteiger partial charge in [-0.2, -0.15) is 0 Å². The minimum Gasteiger partial charge on any atom is -0.462 e. The summed E-state index contributed by atoms with van der Waals surface area (Å²) in [5, 5.41) is 18.3. The van der Waals surface area contributed by atoms with Gasteiger partial charge in [0.15, 0.2) is 6.10 Å². The van der Waals surface area contributed by atoms with Crippen molar-refractivity contribution in [1.29, 1.82) is 0 Å². The van der Waals surface area contributed by atoms with Crippen LogP contribution in [0.3, 0.4) is 0 Å². The van der Waals surface area contributed by atoms with E-state index in [-0.39, 0.29) is 19.4 Å². The van der Waals surface area contributed by atoms with Crippen molar-refractivity contribution in [3.8, 4) is 0 Å². The third kappa shape index (κ3) is 40.2. The highest BCUT2D eigenvalue weighted by atomic mass is 31.2. The average Bonchev–Trinajstić information content (AvgIpc) is 3.17. The van der Waals surface area contributed by atoms with E-state index in [1.807, 2.05) is 0 Å². The van der Waals surface area contributed by atoms with E-state index in [2.05, 4.69) is 54.8 Å². The number of phosphoric acid groups is 1. The van der Waals surface area contributed by atoms with Crippen molar-refractivity contribution >= 4 is 19.8 Å². The number of rotatable bonds is 41. The molecular formula is C44H81O10P. The molecule has 0 aromatic heterocycles. The number of allylic oxidation sites excluding steroid dienone is 6. The molecule has 0 radical (unpaired) electrons. The number of ether oxygens (including phenoxy) is 2. The smallest absolute Gasteiger partial charge is 0.462 e. The van der Waals surface area contributed by atoms with Crippen LogP contribution >= 0.6 is 7.82 Å². The molecule has 322 valence electrons. The molecule has 1 unspecified atom stereocenters. The SMILES string of the molecule is CCCCC/C=C/C/C=C/CCCCCCCC(=O)O[C@H](COC(=O)CCCCCCCCC/C=C/CCCCCCCC)COP(=O)(O)OC[C@@H](O)CO. The third-order valence-corrected chi connectivity index (χ3v) is 10.2. The number of hydrogen-bond donors (Lipinski definition) is 3. The largest absolute Gasteiger partial charge is 0.472 e. The van der Waals surface area contributed by atoms with Crippen molar-refractivity contribution in [3.05, 3.63) is 36.5 Å². The van der Waals surface area contributed by atoms with Crippen molar-refractivity contribution in [3.63, 3.8) is 0 Å². The molecule has 55 heavy (non-hydrogen) atoms. The van der Waals surface area contributed by atoms with Crippen LogP contribution in [0, 0.1) is 0 Å². The van der Waals surface area contributed by atoms with E-state index in [0.717, 1.165) is 70.6 Å². The van der Waals surface area contributed by atoms with Gasteiger partial charge >= 0.3 is 19.8 Å². The van der Waals surface area contributed by atoms with Crippen molar-refractivity contribution < 1.29 is 47.8 Å². The van der Waals surface area contributed by atoms with Gasteiger partial charge in [0, 0.05) is 12.8 Å². The van der Waals surface area contributed by atoms with Crippen LogP contribution in [0.4, 0.5) is 0 Å². The zero-order valence-corrected chi connectivity index (χ0v) is 35.8. The second kappa shape index (κ2) is 40.4. The number of aliphatic hydroxyl groups excluding tert-OH is 2. The summed E-state index contributed by atoms with van der Waals surface area (Å²) in [5.41, 5.74) is 0. The van der Waals surface area contributed by atoms with E-state index in [1.54, 1.807) is 0 Å². The summed E-state index contributed by atoms with van der Waals surface area (Å²) in [5.74, 6) is -0.944. The Morgan fingerprint density at radius 2 is 0.945 bits per heavy atom. The lowest BCUT2D eigenvalue weighted by atomic mass is 10.1. The van der Waals surface area contributed by atoms with Crippen LogP contribution in [0.1, 0.15) is 194 Å². The van der Waals surface area contributed by atoms with Crippen molar-refractivity contribution in [2.24, 2.45) is 0 Å². The first kappa shape index (κ1) is 53.2. The fourth-order valence-corrected chi connectivity index (χ4v) is 6.63. The highest BCUT2D eigenvalue weighted by Gasteiger charge is 2.27. The molecule has 11 heteroatoms. The Kier molecular flexibility index (Phi) is 39.1. The summed E-state index contributed by atoms with van der Waals surface area (Å²) in [7, 11) is -4.62. The van der Waals surface area contributed by atoms with E-state index in [0.29, 0.717) is 12.8 Å². The summed E-state index contributed by atoms with van der Waals surface area (Å²) in [6.45, 7) is 2.33. The van der Waals surface area contributed by atoms with E-state index in [9.17, 15) is 24.2 Å². The Hall–Kier alpha value is -1.81. The molecule has 0 saturated heterocycles. The molecule has 0 aliphatic rings. The normalized spacial score (nSPS) is 14.2. The van der Waals surface area contributed by atoms with Gasteiger partial charge in [-0.1, -0.05) is 147 Å². The van der Waals surface area contributed by atoms with Crippen LogP contribution in [0.5, 0.6) is 0 Å². The summed E-state index contributed by atoms with van der Waals surface area (Å²) in [6.07, 6.45) is 41.0. The predicted molar refractivity (Wildman–Crippen MR) is 224 cm³/mol. The van der Waals surface area contributed by atoms with Crippen molar-refractivity contribution in [2.75, 3.05) is 26.4 Å². The standard InChI is InChI=1S/C44H81O10P/c1-3-5-7-9-11-13-15-17-19-20-22-23-25-27-29-31-33-35-43(47)51-39-42(40-53-55(49,50)52-38-41(46)37-45)54-44(48)36-34-32-30-28-26-24-21-18-16-14-12-10-8-6-4-2/h12,14,17-19,21,41-42,45-46H,3-11,13,15-16,20,22-40H2,1-2H3,(H,49,50)/b14-12+,19-17+,21-18+/t41-,42+/m0/s1. The van der Waals surface area contributed by atoms with Crippen LogP contribution in [0.25, 0.3) is 0 Å². The molecule has 0 saturated carbocycles. The fourth-order valence-electron chi connectivity index (χ4n) is 5.84. The van der Waals surface area contributed by atoms with Gasteiger partial charge in [0.1, 0.15) is 12.7 Å². The number of carbonyl (C=O) groups is 2. The topological polar surface area (TPSA) is 149 Å². The van der Waals surface area contributed by atoms with E-state index < -0.39 is 51.8 Å². The third-order valence-electron chi connectivity index (χ3n) is 9.27. The van der Waals surface area contributed by atoms with Crippen molar-refractivity contribution in [2.45, 2.75) is 206 Å². The maximum Gasteiger partial charge on any atom is 0.472 e. The van der Waals surface area contributed by atoms with Gasteiger partial charge in [-0.25, -0.2) is 4.57 Å². The molecular weight excluding hydrogens is 719 g/mol. The molecule has 3 atom stereocenters. The lowest BCUT2D eigenvalue weighted by Gasteiger charge is -2.20. The quantitative estimate of drug-likeness (QED) is 0.0236. The molecule has 0 bridgehead atoms. The van der Waals surface area contributed by atoms with E-state index in [4.69, 9.17) is 19.1 Å². The summed E-state index contributed by atoms with van der Waals surface area (Å²) < 4.78 is 32.7. The van der Waals surface area contributed by atoms with Crippen LogP contribution in [0.15, 0.2) is 36.5 Å². The molecule has 10 nitrogen and oxygen atoms in total. The van der Waals surface area contributed by atoms with Gasteiger partial charge in [-0.05, 0) is 70.6 Å². The lowest BCUT2D eigenvalue weighted by molar-refractivity contribution is -0.161. The lowest BCUT2D eigenvalue weighted by Crippen LogP contribution is -2.29. The van der Waals surface area contributed by atoms with Gasteiger partial charge in [0.05, 0.1) is 19.8 Å². The molecule has 0 heterocycles. The van der Waals surface area contributed by atoms with Gasteiger partial charge < -0.3 is 24.6 Å². The molecule has 0 amide bonds. The van der Waals surface area contributed by atoms with Crippen molar-refractivity contribution in [1.82, 2.24) is 0 Å². The highest BCUT2D eigenvalue weighted by Crippen LogP contribution is 2.43. The first-order valence-corrected chi connectivity index (χ1v) is 23.4. The van der Waals surface area contributed by atoms with E-state index in [1.165, 1.54) is 83.5 Å². The Morgan fingerprint density at radius 1 is 0.545 bits per heavy atom. The molecule has 0 aromatic rings. The monoisotopic (exact) mass is 801 g/mol. The van der Waals surface area contributed by atoms with Crippen LogP contribution in [0.2, 0.25) is 0 Å². The van der Waals surface area contributed by atoms with Crippen LogP contribution in [-0.2, 0) is 32.7 Å². The van der Waals surface area contributed by atoms with Gasteiger partial charge in [-0.3, -0.25) is 18.6 Å². The first-order valence-electron chi connectivity index (χ1n) is 21.9. The van der Waals surface area contributed by atoms with Crippen LogP contribution < -0.4 is 0 Å². The maximum atomic E-state index is 12.6. The highest BCUT2D eigenvalue weighted by molar-refractivity contribution is 7.47. The summed E-state index contributed by atoms with van der Waals surface area (Å²) in [6, 6.07) is 0. The van der Waals surface area contributed by atoms with Gasteiger partial charge in [0.2, 0.25) is 0 Å². The minimum absolute atomic E-state index is 0.168. The Labute approximate surface area is 335 Å². The summed E-state index contributed by atoms with van der Waals surface area (Å²) in [4.78, 5) is 35.0.